The minimum atomic E-state index is -2.86. The van der Waals surface area contributed by atoms with Crippen LogP contribution >= 0.6 is 0 Å². The lowest BCUT2D eigenvalue weighted by Gasteiger charge is -2.07. The van der Waals surface area contributed by atoms with Gasteiger partial charge in [0.05, 0.1) is 7.11 Å². The summed E-state index contributed by atoms with van der Waals surface area (Å²) in [5.41, 5.74) is -1.09. The Kier molecular flexibility index (Phi) is 2.95. The summed E-state index contributed by atoms with van der Waals surface area (Å²) >= 11 is 0. The molecule has 1 rings (SSSR count). The molecule has 6 heteroatoms. The fourth-order valence-corrected chi connectivity index (χ4v) is 0.921. The minimum absolute atomic E-state index is 0.195. The molecule has 0 saturated carbocycles. The maximum atomic E-state index is 12.3. The number of carbonyl (C=O) groups excluding carboxylic acids is 1. The predicted octanol–water partition coefficient (Wildman–Crippen LogP) is 1.55. The number of hydrogen-bond donors (Lipinski definition) is 1. The van der Waals surface area contributed by atoms with Crippen molar-refractivity contribution in [2.75, 3.05) is 7.11 Å². The lowest BCUT2D eigenvalue weighted by atomic mass is 10.2. The van der Waals surface area contributed by atoms with E-state index >= 15 is 0 Å². The summed E-state index contributed by atoms with van der Waals surface area (Å²) in [6.45, 7) is 0. The van der Waals surface area contributed by atoms with Crippen LogP contribution in [-0.4, -0.2) is 23.5 Å². The number of halogens is 2. The second-order valence-corrected chi connectivity index (χ2v) is 2.40. The first-order chi connectivity index (χ1) is 6.60. The van der Waals surface area contributed by atoms with Gasteiger partial charge in [0.15, 0.2) is 6.29 Å². The minimum Gasteiger partial charge on any atom is -0.505 e. The van der Waals surface area contributed by atoms with E-state index in [2.05, 4.69) is 9.72 Å². The smallest absolute Gasteiger partial charge is 0.284 e. The van der Waals surface area contributed by atoms with Crippen molar-refractivity contribution in [2.24, 2.45) is 0 Å². The molecule has 1 aromatic rings. The Balaban J connectivity index is 3.32. The summed E-state index contributed by atoms with van der Waals surface area (Å²) in [4.78, 5) is 13.6. The molecular weight excluding hydrogens is 196 g/mol. The Morgan fingerprint density at radius 3 is 2.71 bits per heavy atom. The number of ether oxygens (including phenoxy) is 1. The lowest BCUT2D eigenvalue weighted by molar-refractivity contribution is 0.111. The predicted molar refractivity (Wildman–Crippen MR) is 42.8 cm³/mol. The number of aldehydes is 1. The van der Waals surface area contributed by atoms with Gasteiger partial charge in [0.25, 0.3) is 6.43 Å². The van der Waals surface area contributed by atoms with Gasteiger partial charge in [-0.3, -0.25) is 4.79 Å². The van der Waals surface area contributed by atoms with Crippen LogP contribution in [0.4, 0.5) is 8.78 Å². The number of carbonyl (C=O) groups is 1. The van der Waals surface area contributed by atoms with Gasteiger partial charge >= 0.3 is 0 Å². The third-order valence-corrected chi connectivity index (χ3v) is 1.56. The topological polar surface area (TPSA) is 59.4 Å². The van der Waals surface area contributed by atoms with Crippen molar-refractivity contribution in [3.63, 3.8) is 0 Å². The lowest BCUT2D eigenvalue weighted by Crippen LogP contribution is -2.00. The van der Waals surface area contributed by atoms with Crippen LogP contribution in [0, 0.1) is 0 Å². The van der Waals surface area contributed by atoms with Crippen LogP contribution in [0.5, 0.6) is 11.5 Å². The molecule has 0 bridgehead atoms. The van der Waals surface area contributed by atoms with Crippen LogP contribution in [0.25, 0.3) is 0 Å². The molecule has 0 aliphatic rings. The highest BCUT2D eigenvalue weighted by Gasteiger charge is 2.18. The van der Waals surface area contributed by atoms with Crippen LogP contribution in [-0.2, 0) is 0 Å². The zero-order valence-corrected chi connectivity index (χ0v) is 7.20. The van der Waals surface area contributed by atoms with E-state index in [4.69, 9.17) is 5.11 Å². The maximum Gasteiger partial charge on any atom is 0.284 e. The van der Waals surface area contributed by atoms with Crippen molar-refractivity contribution in [3.8, 4) is 11.5 Å². The van der Waals surface area contributed by atoms with E-state index in [1.807, 2.05) is 0 Å². The highest BCUT2D eigenvalue weighted by Crippen LogP contribution is 2.30. The van der Waals surface area contributed by atoms with Crippen molar-refractivity contribution in [1.29, 1.82) is 0 Å². The number of nitrogens with zero attached hydrogens (tertiary/aromatic N) is 1. The average Bonchev–Trinajstić information content (AvgIpc) is 2.16. The fourth-order valence-electron chi connectivity index (χ4n) is 0.921. The molecule has 0 aliphatic heterocycles. The monoisotopic (exact) mass is 203 g/mol. The Morgan fingerprint density at radius 2 is 2.29 bits per heavy atom. The molecule has 0 fully saturated rings. The molecule has 1 heterocycles. The number of aromatic nitrogens is 1. The second kappa shape index (κ2) is 3.99. The van der Waals surface area contributed by atoms with Crippen LogP contribution in [0.3, 0.4) is 0 Å². The molecule has 0 aliphatic carbocycles. The van der Waals surface area contributed by atoms with E-state index in [0.29, 0.717) is 0 Å². The van der Waals surface area contributed by atoms with Crippen molar-refractivity contribution in [3.05, 3.63) is 17.5 Å². The molecule has 0 radical (unpaired) electrons. The van der Waals surface area contributed by atoms with Gasteiger partial charge in [-0.25, -0.2) is 13.8 Å². The number of methoxy groups -OCH3 is 1. The van der Waals surface area contributed by atoms with Crippen molar-refractivity contribution >= 4 is 6.29 Å². The van der Waals surface area contributed by atoms with E-state index in [1.165, 1.54) is 7.11 Å². The molecule has 1 aromatic heterocycles. The van der Waals surface area contributed by atoms with Gasteiger partial charge in [-0.2, -0.15) is 0 Å². The number of pyridine rings is 1. The Bertz CT molecular complexity index is 355. The fraction of sp³-hybridized carbons (Fsp3) is 0.250. The van der Waals surface area contributed by atoms with Crippen molar-refractivity contribution in [2.45, 2.75) is 6.43 Å². The largest absolute Gasteiger partial charge is 0.505 e. The number of aromatic hydroxyl groups is 1. The zero-order chi connectivity index (χ0) is 10.7. The summed E-state index contributed by atoms with van der Waals surface area (Å²) in [5, 5.41) is 9.11. The van der Waals surface area contributed by atoms with Gasteiger partial charge in [0.1, 0.15) is 22.9 Å². The first kappa shape index (κ1) is 10.4. The summed E-state index contributed by atoms with van der Waals surface area (Å²) < 4.78 is 29.2. The molecule has 0 atom stereocenters. The first-order valence-electron chi connectivity index (χ1n) is 3.61. The number of rotatable bonds is 3. The standard InChI is InChI=1S/C8H7F2NO3/c1-14-6-2-5(13)4(3-12)11-7(6)8(9)10/h2-3,8,13H,1H3. The van der Waals surface area contributed by atoms with Gasteiger partial charge in [0, 0.05) is 6.07 Å². The van der Waals surface area contributed by atoms with Crippen molar-refractivity contribution < 1.29 is 23.4 Å². The van der Waals surface area contributed by atoms with Gasteiger partial charge in [-0.1, -0.05) is 0 Å². The van der Waals surface area contributed by atoms with Gasteiger partial charge < -0.3 is 9.84 Å². The van der Waals surface area contributed by atoms with Crippen LogP contribution in [0.1, 0.15) is 22.6 Å². The molecule has 0 spiro atoms. The quantitative estimate of drug-likeness (QED) is 0.757. The SMILES string of the molecule is COc1cc(O)c(C=O)nc1C(F)F. The molecule has 14 heavy (non-hydrogen) atoms. The molecule has 76 valence electrons. The Labute approximate surface area is 78.1 Å². The molecule has 0 saturated heterocycles. The zero-order valence-electron chi connectivity index (χ0n) is 7.20. The summed E-state index contributed by atoms with van der Waals surface area (Å²) in [6.07, 6.45) is -2.66. The molecule has 4 nitrogen and oxygen atoms in total. The van der Waals surface area contributed by atoms with Crippen LogP contribution < -0.4 is 4.74 Å². The third-order valence-electron chi connectivity index (χ3n) is 1.56. The van der Waals surface area contributed by atoms with E-state index < -0.39 is 23.6 Å². The Morgan fingerprint density at radius 1 is 1.64 bits per heavy atom. The summed E-state index contributed by atoms with van der Waals surface area (Å²) in [6, 6.07) is 0.929. The maximum absolute atomic E-state index is 12.3. The molecule has 0 aromatic carbocycles. The van der Waals surface area contributed by atoms with Gasteiger partial charge in [-0.05, 0) is 0 Å². The van der Waals surface area contributed by atoms with Crippen molar-refractivity contribution in [1.82, 2.24) is 4.98 Å². The highest BCUT2D eigenvalue weighted by molar-refractivity contribution is 5.76. The van der Waals surface area contributed by atoms with Crippen LogP contribution in [0.2, 0.25) is 0 Å². The molecule has 0 amide bonds. The second-order valence-electron chi connectivity index (χ2n) is 2.40. The van der Waals surface area contributed by atoms with E-state index in [-0.39, 0.29) is 12.0 Å². The normalized spacial score (nSPS) is 10.3. The number of alkyl halides is 2. The van der Waals surface area contributed by atoms with Crippen LogP contribution in [0.15, 0.2) is 6.07 Å². The molecular formula is C8H7F2NO3. The summed E-state index contributed by atoms with van der Waals surface area (Å²) in [7, 11) is 1.17. The summed E-state index contributed by atoms with van der Waals surface area (Å²) in [5.74, 6) is -0.732. The third kappa shape index (κ3) is 1.78. The van der Waals surface area contributed by atoms with E-state index in [9.17, 15) is 13.6 Å². The Hall–Kier alpha value is -1.72. The van der Waals surface area contributed by atoms with Gasteiger partial charge in [0.2, 0.25) is 0 Å². The average molecular weight is 203 g/mol. The first-order valence-corrected chi connectivity index (χ1v) is 3.61. The highest BCUT2D eigenvalue weighted by atomic mass is 19.3. The molecule has 1 N–H and O–H groups in total. The number of hydrogen-bond acceptors (Lipinski definition) is 4. The molecule has 0 unspecified atom stereocenters. The van der Waals surface area contributed by atoms with E-state index in [1.54, 1.807) is 0 Å². The van der Waals surface area contributed by atoms with Gasteiger partial charge in [-0.15, -0.1) is 0 Å². The van der Waals surface area contributed by atoms with E-state index in [0.717, 1.165) is 6.07 Å².